The predicted molar refractivity (Wildman–Crippen MR) is 72.9 cm³/mol. The Hall–Kier alpha value is -2.15. The second-order valence-corrected chi connectivity index (χ2v) is 5.09. The third-order valence-corrected chi connectivity index (χ3v) is 3.71. The normalized spacial score (nSPS) is 11.2. The standard InChI is InChI=1S/C12H12N4O2S/c1-2-8-5-16(11(18)14-10(8)17)7-9-6-15-3-4-19-12(15)13-9/h3-6H,2,7H2,1H3,(H,14,17,18). The molecule has 0 aromatic carbocycles. The zero-order chi connectivity index (χ0) is 13.4. The highest BCUT2D eigenvalue weighted by atomic mass is 32.1. The zero-order valence-corrected chi connectivity index (χ0v) is 11.1. The Morgan fingerprint density at radius 1 is 1.37 bits per heavy atom. The maximum absolute atomic E-state index is 11.7. The van der Waals surface area contributed by atoms with E-state index in [1.54, 1.807) is 6.20 Å². The lowest BCUT2D eigenvalue weighted by Crippen LogP contribution is -2.31. The molecule has 0 unspecified atom stereocenters. The molecule has 0 bridgehead atoms. The number of H-pyrrole nitrogens is 1. The highest BCUT2D eigenvalue weighted by molar-refractivity contribution is 7.15. The van der Waals surface area contributed by atoms with E-state index >= 15 is 0 Å². The van der Waals surface area contributed by atoms with Crippen LogP contribution < -0.4 is 11.2 Å². The number of aromatic amines is 1. The Balaban J connectivity index is 2.01. The zero-order valence-electron chi connectivity index (χ0n) is 10.3. The van der Waals surface area contributed by atoms with Crippen LogP contribution >= 0.6 is 11.3 Å². The molecule has 0 saturated carbocycles. The molecule has 1 N–H and O–H groups in total. The van der Waals surface area contributed by atoms with Crippen molar-refractivity contribution in [3.05, 3.63) is 56.1 Å². The maximum Gasteiger partial charge on any atom is 0.328 e. The van der Waals surface area contributed by atoms with E-state index in [9.17, 15) is 9.59 Å². The number of aromatic nitrogens is 4. The Morgan fingerprint density at radius 3 is 2.95 bits per heavy atom. The molecule has 0 fully saturated rings. The van der Waals surface area contributed by atoms with Gasteiger partial charge in [-0.1, -0.05) is 6.92 Å². The molecule has 0 aliphatic rings. The molecular formula is C12H12N4O2S. The van der Waals surface area contributed by atoms with Gasteiger partial charge in [0.2, 0.25) is 0 Å². The van der Waals surface area contributed by atoms with Gasteiger partial charge in [-0.05, 0) is 6.42 Å². The third kappa shape index (κ3) is 2.12. The number of hydrogen-bond donors (Lipinski definition) is 1. The lowest BCUT2D eigenvalue weighted by Gasteiger charge is -2.04. The first kappa shape index (κ1) is 11.9. The van der Waals surface area contributed by atoms with E-state index in [1.807, 2.05) is 29.1 Å². The first-order chi connectivity index (χ1) is 9.17. The second kappa shape index (κ2) is 4.51. The van der Waals surface area contributed by atoms with Crippen molar-refractivity contribution >= 4 is 16.3 Å². The number of aryl methyl sites for hydroxylation is 1. The van der Waals surface area contributed by atoms with Gasteiger partial charge in [-0.25, -0.2) is 9.78 Å². The molecule has 98 valence electrons. The van der Waals surface area contributed by atoms with Crippen molar-refractivity contribution in [1.82, 2.24) is 18.9 Å². The van der Waals surface area contributed by atoms with Gasteiger partial charge < -0.3 is 0 Å². The van der Waals surface area contributed by atoms with Crippen LogP contribution in [0.2, 0.25) is 0 Å². The van der Waals surface area contributed by atoms with Gasteiger partial charge in [-0.15, -0.1) is 11.3 Å². The van der Waals surface area contributed by atoms with Crippen molar-refractivity contribution in [2.24, 2.45) is 0 Å². The number of nitrogens with zero attached hydrogens (tertiary/aromatic N) is 3. The Labute approximate surface area is 112 Å². The molecular weight excluding hydrogens is 264 g/mol. The van der Waals surface area contributed by atoms with Crippen LogP contribution in [-0.2, 0) is 13.0 Å². The number of nitrogens with one attached hydrogen (secondary N) is 1. The molecule has 7 heteroatoms. The summed E-state index contributed by atoms with van der Waals surface area (Å²) in [4.78, 5) is 30.9. The van der Waals surface area contributed by atoms with Gasteiger partial charge >= 0.3 is 5.69 Å². The van der Waals surface area contributed by atoms with Crippen LogP contribution in [0.3, 0.4) is 0 Å². The average molecular weight is 276 g/mol. The van der Waals surface area contributed by atoms with Gasteiger partial charge in [0.05, 0.1) is 12.2 Å². The van der Waals surface area contributed by atoms with E-state index in [4.69, 9.17) is 0 Å². The number of hydrogen-bond acceptors (Lipinski definition) is 4. The fourth-order valence-electron chi connectivity index (χ4n) is 1.95. The fraction of sp³-hybridized carbons (Fsp3) is 0.250. The van der Waals surface area contributed by atoms with Crippen LogP contribution in [0.15, 0.2) is 33.6 Å². The molecule has 19 heavy (non-hydrogen) atoms. The summed E-state index contributed by atoms with van der Waals surface area (Å²) in [6.45, 7) is 2.24. The van der Waals surface area contributed by atoms with Gasteiger partial charge in [0, 0.05) is 29.5 Å². The lowest BCUT2D eigenvalue weighted by molar-refractivity contribution is 0.697. The van der Waals surface area contributed by atoms with E-state index in [1.165, 1.54) is 15.9 Å². The maximum atomic E-state index is 11.7. The summed E-state index contributed by atoms with van der Waals surface area (Å²) in [7, 11) is 0. The monoisotopic (exact) mass is 276 g/mol. The van der Waals surface area contributed by atoms with E-state index in [0.29, 0.717) is 18.5 Å². The van der Waals surface area contributed by atoms with Crippen LogP contribution in [0.5, 0.6) is 0 Å². The van der Waals surface area contributed by atoms with Gasteiger partial charge in [0.25, 0.3) is 5.56 Å². The molecule has 6 nitrogen and oxygen atoms in total. The third-order valence-electron chi connectivity index (χ3n) is 2.94. The van der Waals surface area contributed by atoms with Gasteiger partial charge in [-0.3, -0.25) is 18.7 Å². The van der Waals surface area contributed by atoms with E-state index in [2.05, 4.69) is 9.97 Å². The van der Waals surface area contributed by atoms with E-state index in [-0.39, 0.29) is 5.56 Å². The van der Waals surface area contributed by atoms with Crippen LogP contribution in [0.1, 0.15) is 18.2 Å². The summed E-state index contributed by atoms with van der Waals surface area (Å²) < 4.78 is 3.39. The number of fused-ring (bicyclic) bond motifs is 1. The van der Waals surface area contributed by atoms with Crippen molar-refractivity contribution in [2.75, 3.05) is 0 Å². The second-order valence-electron chi connectivity index (χ2n) is 4.22. The number of imidazole rings is 1. The number of rotatable bonds is 3. The van der Waals surface area contributed by atoms with Gasteiger partial charge in [-0.2, -0.15) is 0 Å². The minimum Gasteiger partial charge on any atom is -0.297 e. The van der Waals surface area contributed by atoms with Gasteiger partial charge in [0.1, 0.15) is 0 Å². The summed E-state index contributed by atoms with van der Waals surface area (Å²) in [5, 5.41) is 1.95. The Kier molecular flexibility index (Phi) is 2.83. The van der Waals surface area contributed by atoms with Crippen LogP contribution in [0.4, 0.5) is 0 Å². The largest absolute Gasteiger partial charge is 0.328 e. The summed E-state index contributed by atoms with van der Waals surface area (Å²) in [5.74, 6) is 0. The quantitative estimate of drug-likeness (QED) is 0.771. The SMILES string of the molecule is CCc1cn(Cc2cn3ccsc3n2)c(=O)[nH]c1=O. The summed E-state index contributed by atoms with van der Waals surface area (Å²) in [6, 6.07) is 0. The van der Waals surface area contributed by atoms with Crippen LogP contribution in [0, 0.1) is 0 Å². The predicted octanol–water partition coefficient (Wildman–Crippen LogP) is 0.856. The topological polar surface area (TPSA) is 72.2 Å². The van der Waals surface area contributed by atoms with Crippen molar-refractivity contribution in [3.8, 4) is 0 Å². The molecule has 0 aliphatic heterocycles. The minimum absolute atomic E-state index is 0.311. The lowest BCUT2D eigenvalue weighted by atomic mass is 10.2. The van der Waals surface area contributed by atoms with Gasteiger partial charge in [0.15, 0.2) is 4.96 Å². The smallest absolute Gasteiger partial charge is 0.297 e. The summed E-state index contributed by atoms with van der Waals surface area (Å²) in [5.41, 5.74) is 0.678. The molecule has 3 heterocycles. The molecule has 0 amide bonds. The van der Waals surface area contributed by atoms with Crippen LogP contribution in [-0.4, -0.2) is 18.9 Å². The van der Waals surface area contributed by atoms with Crippen LogP contribution in [0.25, 0.3) is 4.96 Å². The molecule has 3 rings (SSSR count). The van der Waals surface area contributed by atoms with Crippen molar-refractivity contribution in [1.29, 1.82) is 0 Å². The van der Waals surface area contributed by atoms with E-state index in [0.717, 1.165) is 10.7 Å². The average Bonchev–Trinajstić information content (AvgIpc) is 2.93. The Morgan fingerprint density at radius 2 is 2.21 bits per heavy atom. The molecule has 0 aliphatic carbocycles. The summed E-state index contributed by atoms with van der Waals surface area (Å²) in [6.07, 6.45) is 6.00. The molecule has 0 saturated heterocycles. The number of thiazole rings is 1. The van der Waals surface area contributed by atoms with Crippen molar-refractivity contribution < 1.29 is 0 Å². The molecule has 0 atom stereocenters. The molecule has 3 aromatic heterocycles. The minimum atomic E-state index is -0.404. The first-order valence-electron chi connectivity index (χ1n) is 5.91. The highest BCUT2D eigenvalue weighted by Crippen LogP contribution is 2.11. The Bertz CT molecular complexity index is 811. The molecule has 3 aromatic rings. The highest BCUT2D eigenvalue weighted by Gasteiger charge is 2.07. The fourth-order valence-corrected chi connectivity index (χ4v) is 2.67. The first-order valence-corrected chi connectivity index (χ1v) is 6.79. The van der Waals surface area contributed by atoms with E-state index < -0.39 is 5.69 Å². The van der Waals surface area contributed by atoms with Crippen molar-refractivity contribution in [2.45, 2.75) is 19.9 Å². The molecule has 0 spiro atoms. The van der Waals surface area contributed by atoms with Crippen molar-refractivity contribution in [3.63, 3.8) is 0 Å². The molecule has 0 radical (unpaired) electrons. The summed E-state index contributed by atoms with van der Waals surface area (Å²) >= 11 is 1.54.